The molecule has 1 atom stereocenters. The van der Waals surface area contributed by atoms with Gasteiger partial charge in [-0.15, -0.1) is 0 Å². The molecule has 0 radical (unpaired) electrons. The van der Waals surface area contributed by atoms with Gasteiger partial charge >= 0.3 is 0 Å². The maximum absolute atomic E-state index is 13.5. The third-order valence-electron chi connectivity index (χ3n) is 5.61. The van der Waals surface area contributed by atoms with Gasteiger partial charge in [-0.2, -0.15) is 10.1 Å². The summed E-state index contributed by atoms with van der Waals surface area (Å²) in [6, 6.07) is 22.1. The van der Waals surface area contributed by atoms with Crippen LogP contribution in [-0.4, -0.2) is 20.7 Å². The van der Waals surface area contributed by atoms with E-state index in [4.69, 9.17) is 5.10 Å². The Morgan fingerprint density at radius 1 is 0.903 bits per heavy atom. The second kappa shape index (κ2) is 6.36. The molecule has 0 bridgehead atoms. The Morgan fingerprint density at radius 3 is 2.52 bits per heavy atom. The van der Waals surface area contributed by atoms with Crippen molar-refractivity contribution in [1.29, 1.82) is 0 Å². The lowest BCUT2D eigenvalue weighted by atomic mass is 9.96. The molecule has 7 nitrogen and oxygen atoms in total. The van der Waals surface area contributed by atoms with E-state index in [1.54, 1.807) is 12.1 Å². The van der Waals surface area contributed by atoms with E-state index < -0.39 is 11.2 Å². The molecule has 1 aromatic heterocycles. The van der Waals surface area contributed by atoms with E-state index >= 15 is 0 Å². The Kier molecular flexibility index (Phi) is 3.70. The minimum atomic E-state index is -1.38. The Hall–Kier alpha value is -3.78. The molecule has 31 heavy (non-hydrogen) atoms. The van der Waals surface area contributed by atoms with Gasteiger partial charge in [0.2, 0.25) is 5.66 Å². The molecule has 0 aliphatic carbocycles. The highest BCUT2D eigenvalue weighted by Gasteiger charge is 2.53. The highest BCUT2D eigenvalue weighted by molar-refractivity contribution is 9.10. The van der Waals surface area contributed by atoms with Crippen LogP contribution in [0.2, 0.25) is 0 Å². The summed E-state index contributed by atoms with van der Waals surface area (Å²) in [5.74, 6) is 0.0373. The topological polar surface area (TPSA) is 88.9 Å². The van der Waals surface area contributed by atoms with Crippen LogP contribution in [0, 0.1) is 0 Å². The maximum atomic E-state index is 13.5. The Morgan fingerprint density at radius 2 is 1.68 bits per heavy atom. The van der Waals surface area contributed by atoms with Gasteiger partial charge in [0.1, 0.15) is 0 Å². The number of benzene rings is 3. The number of hydrogen-bond acceptors (Lipinski definition) is 5. The molecule has 3 heterocycles. The summed E-state index contributed by atoms with van der Waals surface area (Å²) in [7, 11) is 0. The monoisotopic (exact) mass is 471 g/mol. The average molecular weight is 472 g/mol. The van der Waals surface area contributed by atoms with Crippen LogP contribution in [-0.2, 0) is 10.5 Å². The number of nitrogens with zero attached hydrogens (tertiary/aromatic N) is 3. The Labute approximate surface area is 184 Å². The van der Waals surface area contributed by atoms with Crippen LogP contribution >= 0.6 is 15.9 Å². The first kappa shape index (κ1) is 18.0. The van der Waals surface area contributed by atoms with Crippen molar-refractivity contribution in [2.24, 2.45) is 0 Å². The number of carbonyl (C=O) groups is 1. The van der Waals surface area contributed by atoms with Crippen LogP contribution in [0.3, 0.4) is 0 Å². The average Bonchev–Trinajstić information content (AvgIpc) is 3.05. The fourth-order valence-corrected chi connectivity index (χ4v) is 4.56. The van der Waals surface area contributed by atoms with Crippen molar-refractivity contribution in [3.63, 3.8) is 0 Å². The lowest BCUT2D eigenvalue weighted by molar-refractivity contribution is -0.121. The van der Waals surface area contributed by atoms with E-state index in [0.717, 1.165) is 4.47 Å². The molecule has 1 unspecified atom stereocenters. The first-order valence-corrected chi connectivity index (χ1v) is 10.4. The van der Waals surface area contributed by atoms with Crippen LogP contribution in [0.25, 0.3) is 22.6 Å². The van der Waals surface area contributed by atoms with Gasteiger partial charge in [0.15, 0.2) is 11.5 Å². The third kappa shape index (κ3) is 2.45. The summed E-state index contributed by atoms with van der Waals surface area (Å²) >= 11 is 3.51. The second-order valence-corrected chi connectivity index (χ2v) is 8.31. The number of anilines is 2. The van der Waals surface area contributed by atoms with E-state index in [9.17, 15) is 9.59 Å². The van der Waals surface area contributed by atoms with Crippen molar-refractivity contribution in [2.75, 3.05) is 10.6 Å². The number of aromatic nitrogens is 3. The van der Waals surface area contributed by atoms with E-state index in [2.05, 4.69) is 31.5 Å². The first-order chi connectivity index (χ1) is 15.1. The molecule has 4 aromatic rings. The van der Waals surface area contributed by atoms with Crippen molar-refractivity contribution in [1.82, 2.24) is 14.8 Å². The summed E-state index contributed by atoms with van der Waals surface area (Å²) in [6.45, 7) is 0. The van der Waals surface area contributed by atoms with Crippen LogP contribution in [0.15, 0.2) is 82.1 Å². The highest BCUT2D eigenvalue weighted by atomic mass is 79.9. The van der Waals surface area contributed by atoms with Crippen molar-refractivity contribution in [3.8, 4) is 22.6 Å². The minimum absolute atomic E-state index is 0.182. The normalized spacial score (nSPS) is 18.0. The molecule has 2 aliphatic rings. The van der Waals surface area contributed by atoms with Crippen molar-refractivity contribution in [3.05, 3.63) is 93.2 Å². The fourth-order valence-electron chi connectivity index (χ4n) is 4.20. The van der Waals surface area contributed by atoms with Crippen LogP contribution in [0.5, 0.6) is 0 Å². The van der Waals surface area contributed by atoms with E-state index in [1.807, 2.05) is 60.7 Å². The van der Waals surface area contributed by atoms with E-state index in [0.29, 0.717) is 33.9 Å². The number of amides is 1. The van der Waals surface area contributed by atoms with Gasteiger partial charge in [0, 0.05) is 32.5 Å². The smallest absolute Gasteiger partial charge is 0.300 e. The maximum Gasteiger partial charge on any atom is 0.300 e. The number of rotatable bonds is 1. The van der Waals surface area contributed by atoms with Crippen LogP contribution < -0.4 is 16.2 Å². The summed E-state index contributed by atoms with van der Waals surface area (Å²) in [6.07, 6.45) is 0. The molecular weight excluding hydrogens is 458 g/mol. The molecule has 2 N–H and O–H groups in total. The third-order valence-corrected chi connectivity index (χ3v) is 6.10. The Balaban J connectivity index is 1.73. The Bertz CT molecular complexity index is 1450. The molecule has 3 aromatic carbocycles. The number of nitrogens with one attached hydrogen (secondary N) is 2. The zero-order valence-electron chi connectivity index (χ0n) is 16.0. The number of halogens is 1. The molecule has 0 saturated heterocycles. The molecule has 2 aliphatic heterocycles. The summed E-state index contributed by atoms with van der Waals surface area (Å²) < 4.78 is 2.36. The van der Waals surface area contributed by atoms with Crippen molar-refractivity contribution >= 4 is 33.2 Å². The fraction of sp³-hybridized carbons (Fsp3) is 0.0435. The van der Waals surface area contributed by atoms with Gasteiger partial charge in [-0.05, 0) is 30.3 Å². The van der Waals surface area contributed by atoms with Gasteiger partial charge in [0.05, 0.1) is 0 Å². The van der Waals surface area contributed by atoms with Gasteiger partial charge in [-0.1, -0.05) is 58.4 Å². The van der Waals surface area contributed by atoms with Crippen molar-refractivity contribution in [2.45, 2.75) is 5.66 Å². The van der Waals surface area contributed by atoms with Gasteiger partial charge in [-0.25, -0.2) is 4.68 Å². The molecule has 1 spiro atoms. The predicted octanol–water partition coefficient (Wildman–Crippen LogP) is 3.81. The summed E-state index contributed by atoms with van der Waals surface area (Å²) in [5.41, 5.74) is 1.76. The first-order valence-electron chi connectivity index (χ1n) is 9.64. The number of carbonyl (C=O) groups excluding carboxylic acids is 1. The number of hydrogen-bond donors (Lipinski definition) is 2. The highest BCUT2D eigenvalue weighted by Crippen LogP contribution is 2.46. The second-order valence-electron chi connectivity index (χ2n) is 7.39. The van der Waals surface area contributed by atoms with Gasteiger partial charge < -0.3 is 10.6 Å². The molecule has 0 fully saturated rings. The lowest BCUT2D eigenvalue weighted by Crippen LogP contribution is -2.53. The van der Waals surface area contributed by atoms with Gasteiger partial charge in [0.25, 0.3) is 11.5 Å². The quantitative estimate of drug-likeness (QED) is 0.440. The van der Waals surface area contributed by atoms with Crippen LogP contribution in [0.4, 0.5) is 11.4 Å². The predicted molar refractivity (Wildman–Crippen MR) is 121 cm³/mol. The van der Waals surface area contributed by atoms with Crippen molar-refractivity contribution < 1.29 is 4.79 Å². The summed E-state index contributed by atoms with van der Waals surface area (Å²) in [4.78, 5) is 30.8. The largest absolute Gasteiger partial charge is 0.349 e. The molecular formula is C23H14BrN5O2. The minimum Gasteiger partial charge on any atom is -0.349 e. The molecule has 6 rings (SSSR count). The standard InChI is InChI=1S/C23H14BrN5O2/c24-14-10-11-18-16(12-14)23(22(31)25-18)27-17-9-5-4-8-15(17)20-26-21(30)19(28-29(20)23)13-6-2-1-3-7-13/h1-12,27H,(H,25,31). The summed E-state index contributed by atoms with van der Waals surface area (Å²) in [5, 5.41) is 11.0. The zero-order valence-corrected chi connectivity index (χ0v) is 17.6. The number of fused-ring (bicyclic) bond motifs is 6. The molecule has 150 valence electrons. The van der Waals surface area contributed by atoms with E-state index in [-0.39, 0.29) is 11.6 Å². The van der Waals surface area contributed by atoms with E-state index in [1.165, 1.54) is 4.68 Å². The van der Waals surface area contributed by atoms with Gasteiger partial charge in [-0.3, -0.25) is 9.59 Å². The molecule has 0 saturated carbocycles. The SMILES string of the molecule is O=C1Nc2ccc(Br)cc2C12Nc1ccccc1-c1nc(=O)c(-c3ccccc3)nn12. The number of para-hydroxylation sites is 1. The zero-order chi connectivity index (χ0) is 21.2. The molecule has 8 heteroatoms. The lowest BCUT2D eigenvalue weighted by Gasteiger charge is -2.37. The molecule has 1 amide bonds. The van der Waals surface area contributed by atoms with Crippen LogP contribution in [0.1, 0.15) is 5.56 Å².